The van der Waals surface area contributed by atoms with Gasteiger partial charge in [0.05, 0.1) is 0 Å². The number of likely N-dealkylation sites (N-methyl/N-ethyl adjacent to an activating group) is 1. The largest absolute Gasteiger partial charge is 0.340 e. The van der Waals surface area contributed by atoms with Gasteiger partial charge >= 0.3 is 0 Å². The van der Waals surface area contributed by atoms with Crippen LogP contribution in [-0.2, 0) is 4.79 Å². The molecule has 4 nitrogen and oxygen atoms in total. The first-order chi connectivity index (χ1) is 7.62. The van der Waals surface area contributed by atoms with E-state index in [2.05, 4.69) is 29.1 Å². The monoisotopic (exact) mass is 297 g/mol. The number of piperazine rings is 1. The third-order valence-corrected chi connectivity index (χ3v) is 4.01. The quantitative estimate of drug-likeness (QED) is 0.784. The van der Waals surface area contributed by atoms with Crippen LogP contribution < -0.4 is 5.32 Å². The van der Waals surface area contributed by atoms with E-state index in [9.17, 15) is 4.79 Å². The van der Waals surface area contributed by atoms with Crippen LogP contribution in [0, 0.1) is 5.41 Å². The van der Waals surface area contributed by atoms with Gasteiger partial charge < -0.3 is 15.1 Å². The summed E-state index contributed by atoms with van der Waals surface area (Å²) >= 11 is 0. The summed E-state index contributed by atoms with van der Waals surface area (Å²) in [6, 6.07) is 0. The second-order valence-electron chi connectivity index (χ2n) is 5.41. The standard InChI is InChI=1S/C12H23N3O.2ClH/c1-12(3-5-13-6-4-12)11(16)15-9-7-14(2)8-10-15;;/h13H,3-10H2,1-2H3;2*1H. The van der Waals surface area contributed by atoms with Gasteiger partial charge in [-0.15, -0.1) is 24.8 Å². The zero-order chi connectivity index (χ0) is 11.6. The first kappa shape index (κ1) is 18.0. The molecule has 0 aromatic rings. The molecular weight excluding hydrogens is 273 g/mol. The molecule has 0 unspecified atom stereocenters. The smallest absolute Gasteiger partial charge is 0.228 e. The molecule has 1 N–H and O–H groups in total. The van der Waals surface area contributed by atoms with E-state index in [1.54, 1.807) is 0 Å². The highest BCUT2D eigenvalue weighted by Crippen LogP contribution is 2.30. The zero-order valence-corrected chi connectivity index (χ0v) is 12.9. The molecule has 108 valence electrons. The molecule has 1 amide bonds. The second-order valence-corrected chi connectivity index (χ2v) is 5.41. The Morgan fingerprint density at radius 3 is 2.06 bits per heavy atom. The average molecular weight is 298 g/mol. The van der Waals surface area contributed by atoms with Crippen LogP contribution in [0.5, 0.6) is 0 Å². The Bertz CT molecular complexity index is 262. The van der Waals surface area contributed by atoms with Crippen molar-refractivity contribution in [1.82, 2.24) is 15.1 Å². The van der Waals surface area contributed by atoms with Crippen molar-refractivity contribution < 1.29 is 4.79 Å². The van der Waals surface area contributed by atoms with Crippen molar-refractivity contribution in [3.8, 4) is 0 Å². The van der Waals surface area contributed by atoms with Crippen LogP contribution >= 0.6 is 24.8 Å². The van der Waals surface area contributed by atoms with Gasteiger partial charge in [-0.2, -0.15) is 0 Å². The Labute approximate surface area is 122 Å². The SMILES string of the molecule is CN1CCN(C(=O)C2(C)CCNCC2)CC1.Cl.Cl. The summed E-state index contributed by atoms with van der Waals surface area (Å²) in [5.74, 6) is 0.377. The van der Waals surface area contributed by atoms with Gasteiger partial charge in [-0.1, -0.05) is 6.92 Å². The molecule has 0 aromatic heterocycles. The molecule has 6 heteroatoms. The van der Waals surface area contributed by atoms with Crippen LogP contribution in [0.1, 0.15) is 19.8 Å². The van der Waals surface area contributed by atoms with E-state index < -0.39 is 0 Å². The number of hydrogen-bond acceptors (Lipinski definition) is 3. The molecule has 2 aliphatic rings. The van der Waals surface area contributed by atoms with Crippen molar-refractivity contribution in [2.75, 3.05) is 46.3 Å². The summed E-state index contributed by atoms with van der Waals surface area (Å²) in [5.41, 5.74) is -0.110. The van der Waals surface area contributed by atoms with E-state index in [-0.39, 0.29) is 30.2 Å². The summed E-state index contributed by atoms with van der Waals surface area (Å²) in [6.45, 7) is 7.93. The summed E-state index contributed by atoms with van der Waals surface area (Å²) in [5, 5.41) is 3.33. The molecule has 2 rings (SSSR count). The topological polar surface area (TPSA) is 35.6 Å². The summed E-state index contributed by atoms with van der Waals surface area (Å²) in [7, 11) is 2.12. The molecule has 0 aromatic carbocycles. The maximum absolute atomic E-state index is 12.5. The number of amides is 1. The maximum atomic E-state index is 12.5. The van der Waals surface area contributed by atoms with Crippen LogP contribution in [0.3, 0.4) is 0 Å². The number of carbonyl (C=O) groups excluding carboxylic acids is 1. The van der Waals surface area contributed by atoms with Crippen molar-refractivity contribution in [2.45, 2.75) is 19.8 Å². The second kappa shape index (κ2) is 7.53. The van der Waals surface area contributed by atoms with Crippen molar-refractivity contribution in [3.63, 3.8) is 0 Å². The highest BCUT2D eigenvalue weighted by molar-refractivity contribution is 5.85. The van der Waals surface area contributed by atoms with Crippen LogP contribution in [-0.4, -0.2) is 62.0 Å². The normalized spacial score (nSPS) is 23.8. The molecule has 2 fully saturated rings. The number of nitrogens with one attached hydrogen (secondary N) is 1. The van der Waals surface area contributed by atoms with E-state index in [0.29, 0.717) is 5.91 Å². The number of piperidine rings is 1. The third-order valence-electron chi connectivity index (χ3n) is 4.01. The Hall–Kier alpha value is -0.0300. The minimum atomic E-state index is -0.110. The Balaban J connectivity index is 0.00000144. The predicted octanol–water partition coefficient (Wildman–Crippen LogP) is 0.994. The Morgan fingerprint density at radius 1 is 1.06 bits per heavy atom. The molecule has 0 spiro atoms. The Kier molecular flexibility index (Phi) is 7.52. The number of halogens is 2. The van der Waals surface area contributed by atoms with Gasteiger partial charge in [-0.25, -0.2) is 0 Å². The van der Waals surface area contributed by atoms with Crippen molar-refractivity contribution in [1.29, 1.82) is 0 Å². The van der Waals surface area contributed by atoms with E-state index in [4.69, 9.17) is 0 Å². The molecule has 2 aliphatic heterocycles. The van der Waals surface area contributed by atoms with Crippen LogP contribution in [0.4, 0.5) is 0 Å². The van der Waals surface area contributed by atoms with E-state index in [1.165, 1.54) is 0 Å². The maximum Gasteiger partial charge on any atom is 0.228 e. The van der Waals surface area contributed by atoms with Crippen LogP contribution in [0.15, 0.2) is 0 Å². The fourth-order valence-corrected chi connectivity index (χ4v) is 2.58. The van der Waals surface area contributed by atoms with Crippen molar-refractivity contribution >= 4 is 30.7 Å². The highest BCUT2D eigenvalue weighted by atomic mass is 35.5. The number of rotatable bonds is 1. The lowest BCUT2D eigenvalue weighted by Gasteiger charge is -2.40. The van der Waals surface area contributed by atoms with Gasteiger partial charge in [0.1, 0.15) is 0 Å². The number of nitrogens with zero attached hydrogens (tertiary/aromatic N) is 2. The van der Waals surface area contributed by atoms with Crippen molar-refractivity contribution in [2.24, 2.45) is 5.41 Å². The number of carbonyl (C=O) groups is 1. The molecule has 0 atom stereocenters. The summed E-state index contributed by atoms with van der Waals surface area (Å²) in [4.78, 5) is 16.8. The molecule has 2 saturated heterocycles. The third kappa shape index (κ3) is 3.98. The molecule has 0 saturated carbocycles. The first-order valence-corrected chi connectivity index (χ1v) is 6.30. The van der Waals surface area contributed by atoms with Gasteiger partial charge in [-0.3, -0.25) is 4.79 Å². The molecule has 0 bridgehead atoms. The minimum Gasteiger partial charge on any atom is -0.340 e. The highest BCUT2D eigenvalue weighted by Gasteiger charge is 2.38. The van der Waals surface area contributed by atoms with Crippen LogP contribution in [0.2, 0.25) is 0 Å². The van der Waals surface area contributed by atoms with Crippen molar-refractivity contribution in [3.05, 3.63) is 0 Å². The zero-order valence-electron chi connectivity index (χ0n) is 11.3. The van der Waals surface area contributed by atoms with Gasteiger partial charge in [0.15, 0.2) is 0 Å². The average Bonchev–Trinajstić information content (AvgIpc) is 2.30. The Morgan fingerprint density at radius 2 is 1.56 bits per heavy atom. The minimum absolute atomic E-state index is 0. The lowest BCUT2D eigenvalue weighted by molar-refractivity contribution is -0.144. The molecule has 0 aliphatic carbocycles. The fourth-order valence-electron chi connectivity index (χ4n) is 2.58. The molecular formula is C12H25Cl2N3O. The summed E-state index contributed by atoms with van der Waals surface area (Å²) in [6.07, 6.45) is 1.97. The predicted molar refractivity (Wildman–Crippen MR) is 78.8 cm³/mol. The van der Waals surface area contributed by atoms with Gasteiger partial charge in [-0.05, 0) is 33.0 Å². The lowest BCUT2D eigenvalue weighted by Crippen LogP contribution is -2.53. The van der Waals surface area contributed by atoms with Crippen LogP contribution in [0.25, 0.3) is 0 Å². The van der Waals surface area contributed by atoms with Gasteiger partial charge in [0.25, 0.3) is 0 Å². The molecule has 2 heterocycles. The summed E-state index contributed by atoms with van der Waals surface area (Å²) < 4.78 is 0. The van der Waals surface area contributed by atoms with E-state index >= 15 is 0 Å². The first-order valence-electron chi connectivity index (χ1n) is 6.30. The molecule has 0 radical (unpaired) electrons. The lowest BCUT2D eigenvalue weighted by atomic mass is 9.79. The molecule has 18 heavy (non-hydrogen) atoms. The van der Waals surface area contributed by atoms with E-state index in [1.807, 2.05) is 0 Å². The van der Waals surface area contributed by atoms with E-state index in [0.717, 1.165) is 52.1 Å². The van der Waals surface area contributed by atoms with Gasteiger partial charge in [0, 0.05) is 31.6 Å². The fraction of sp³-hybridized carbons (Fsp3) is 0.917. The number of hydrogen-bond donors (Lipinski definition) is 1. The van der Waals surface area contributed by atoms with Gasteiger partial charge in [0.2, 0.25) is 5.91 Å².